The van der Waals surface area contributed by atoms with Crippen LogP contribution in [0.3, 0.4) is 0 Å². The fraction of sp³-hybridized carbons (Fsp3) is 0.182. The minimum Gasteiger partial charge on any atom is -0.399 e. The highest BCUT2D eigenvalue weighted by Crippen LogP contribution is 2.14. The Balaban J connectivity index is 2.63. The third-order valence-corrected chi connectivity index (χ3v) is 2.36. The molecule has 0 aliphatic rings. The lowest BCUT2D eigenvalue weighted by Gasteiger charge is -2.00. The summed E-state index contributed by atoms with van der Waals surface area (Å²) < 4.78 is 0.938. The number of fused-ring (bicyclic) bond motifs is 1. The number of nitrogens with two attached hydrogens (primary N) is 1. The predicted octanol–water partition coefficient (Wildman–Crippen LogP) is 0.531. The molecule has 0 atom stereocenters. The highest BCUT2D eigenvalue weighted by Gasteiger charge is 2.15. The number of H-pyrrole nitrogens is 1. The minimum absolute atomic E-state index is 0.292. The lowest BCUT2D eigenvalue weighted by molar-refractivity contribution is -0.116. The summed E-state index contributed by atoms with van der Waals surface area (Å²) in [6.45, 7) is 1.30. The van der Waals surface area contributed by atoms with Gasteiger partial charge in [0, 0.05) is 5.69 Å². The van der Waals surface area contributed by atoms with Gasteiger partial charge in [-0.05, 0) is 25.1 Å². The van der Waals surface area contributed by atoms with Crippen LogP contribution in [0.1, 0.15) is 18.1 Å². The molecule has 0 saturated carbocycles. The summed E-state index contributed by atoms with van der Waals surface area (Å²) in [6, 6.07) is 4.76. The number of benzene rings is 1. The normalized spacial score (nSPS) is 10.6. The van der Waals surface area contributed by atoms with Crippen molar-refractivity contribution in [1.29, 1.82) is 0 Å². The quantitative estimate of drug-likeness (QED) is 0.584. The average molecular weight is 233 g/mol. The zero-order valence-corrected chi connectivity index (χ0v) is 9.19. The second-order valence-corrected chi connectivity index (χ2v) is 3.81. The number of nitrogen functional groups attached to an aromatic ring is 1. The Kier molecular flexibility index (Phi) is 2.55. The van der Waals surface area contributed by atoms with Crippen LogP contribution in [0.4, 0.5) is 5.69 Å². The number of nitrogens with one attached hydrogen (secondary N) is 1. The van der Waals surface area contributed by atoms with E-state index in [0.717, 1.165) is 4.57 Å². The van der Waals surface area contributed by atoms with Crippen molar-refractivity contribution in [3.63, 3.8) is 0 Å². The van der Waals surface area contributed by atoms with Crippen LogP contribution < -0.4 is 11.4 Å². The lowest BCUT2D eigenvalue weighted by atomic mass is 10.2. The smallest absolute Gasteiger partial charge is 0.333 e. The van der Waals surface area contributed by atoms with Crippen LogP contribution in [0.5, 0.6) is 0 Å². The maximum Gasteiger partial charge on any atom is 0.333 e. The molecule has 0 radical (unpaired) electrons. The molecule has 0 saturated heterocycles. The monoisotopic (exact) mass is 233 g/mol. The molecule has 0 aliphatic carbocycles. The fourth-order valence-corrected chi connectivity index (χ4v) is 1.66. The summed E-state index contributed by atoms with van der Waals surface area (Å²) >= 11 is 0. The number of nitrogens with zero attached hydrogens (tertiary/aromatic N) is 1. The molecule has 6 heteroatoms. The molecule has 0 fully saturated rings. The number of anilines is 1. The Morgan fingerprint density at radius 2 is 2.12 bits per heavy atom. The third-order valence-electron chi connectivity index (χ3n) is 2.36. The van der Waals surface area contributed by atoms with Crippen molar-refractivity contribution in [2.75, 3.05) is 5.73 Å². The van der Waals surface area contributed by atoms with Crippen LogP contribution in [0, 0.1) is 0 Å². The van der Waals surface area contributed by atoms with Gasteiger partial charge in [-0.3, -0.25) is 9.59 Å². The molecule has 2 rings (SSSR count). The van der Waals surface area contributed by atoms with E-state index in [1.165, 1.54) is 13.0 Å². The topological polar surface area (TPSA) is 98.0 Å². The number of rotatable bonds is 2. The molecule has 0 spiro atoms. The van der Waals surface area contributed by atoms with Gasteiger partial charge in [-0.15, -0.1) is 0 Å². The van der Waals surface area contributed by atoms with Gasteiger partial charge in [0.25, 0.3) is 0 Å². The van der Waals surface area contributed by atoms with Crippen molar-refractivity contribution in [1.82, 2.24) is 9.55 Å². The van der Waals surface area contributed by atoms with Gasteiger partial charge in [-0.1, -0.05) is 0 Å². The van der Waals surface area contributed by atoms with Crippen LogP contribution in [0.2, 0.25) is 0 Å². The molecule has 6 nitrogen and oxygen atoms in total. The Hall–Kier alpha value is -2.37. The molecule has 3 N–H and O–H groups in total. The summed E-state index contributed by atoms with van der Waals surface area (Å²) in [4.78, 5) is 36.8. The van der Waals surface area contributed by atoms with Gasteiger partial charge < -0.3 is 10.7 Å². The largest absolute Gasteiger partial charge is 0.399 e. The average Bonchev–Trinajstić information content (AvgIpc) is 2.52. The number of carbonyl (C=O) groups is 2. The molecule has 17 heavy (non-hydrogen) atoms. The number of hydrogen-bond donors (Lipinski definition) is 2. The summed E-state index contributed by atoms with van der Waals surface area (Å²) in [5.74, 6) is -0.848. The van der Waals surface area contributed by atoms with E-state index >= 15 is 0 Å². The van der Waals surface area contributed by atoms with Gasteiger partial charge >= 0.3 is 5.69 Å². The van der Waals surface area contributed by atoms with Crippen molar-refractivity contribution in [2.45, 2.75) is 13.3 Å². The maximum absolute atomic E-state index is 11.7. The minimum atomic E-state index is -0.558. The van der Waals surface area contributed by atoms with Gasteiger partial charge in [0.05, 0.1) is 17.5 Å². The SMILES string of the molecule is CC(=O)CC(=O)n1c(=O)[nH]c2ccc(N)cc21. The van der Waals surface area contributed by atoms with Crippen molar-refractivity contribution in [2.24, 2.45) is 0 Å². The van der Waals surface area contributed by atoms with Crippen molar-refractivity contribution < 1.29 is 9.59 Å². The Morgan fingerprint density at radius 1 is 1.41 bits per heavy atom. The zero-order valence-electron chi connectivity index (χ0n) is 9.19. The standard InChI is InChI=1S/C11H11N3O3/c1-6(15)4-10(16)14-9-5-7(12)2-3-8(9)13-11(14)17/h2-3,5H,4,12H2,1H3,(H,13,17). The predicted molar refractivity (Wildman–Crippen MR) is 62.9 cm³/mol. The molecule has 0 aliphatic heterocycles. The van der Waals surface area contributed by atoms with Gasteiger partial charge in [0.1, 0.15) is 5.78 Å². The Bertz CT molecular complexity index is 666. The first kappa shape index (κ1) is 11.1. The van der Waals surface area contributed by atoms with E-state index in [4.69, 9.17) is 5.73 Å². The fourth-order valence-electron chi connectivity index (χ4n) is 1.66. The summed E-state index contributed by atoms with van der Waals surface area (Å²) in [5, 5.41) is 0. The number of hydrogen-bond acceptors (Lipinski definition) is 4. The number of imidazole rings is 1. The van der Waals surface area contributed by atoms with Gasteiger partial charge in [-0.25, -0.2) is 9.36 Å². The highest BCUT2D eigenvalue weighted by atomic mass is 16.2. The number of carbonyl (C=O) groups excluding carboxylic acids is 2. The zero-order chi connectivity index (χ0) is 12.6. The Morgan fingerprint density at radius 3 is 2.76 bits per heavy atom. The first-order valence-electron chi connectivity index (χ1n) is 5.02. The van der Waals surface area contributed by atoms with E-state index in [9.17, 15) is 14.4 Å². The Labute approximate surface area is 96.0 Å². The molecule has 1 heterocycles. The van der Waals surface area contributed by atoms with Crippen molar-refractivity contribution in [3.05, 3.63) is 28.7 Å². The van der Waals surface area contributed by atoms with Crippen LogP contribution in [-0.4, -0.2) is 21.2 Å². The van der Waals surface area contributed by atoms with Crippen molar-refractivity contribution >= 4 is 28.4 Å². The van der Waals surface area contributed by atoms with Gasteiger partial charge in [-0.2, -0.15) is 0 Å². The maximum atomic E-state index is 11.7. The van der Waals surface area contributed by atoms with Gasteiger partial charge in [0.2, 0.25) is 5.91 Å². The number of aromatic nitrogens is 2. The van der Waals surface area contributed by atoms with E-state index < -0.39 is 11.6 Å². The van der Waals surface area contributed by atoms with Crippen LogP contribution in [0.25, 0.3) is 11.0 Å². The highest BCUT2D eigenvalue weighted by molar-refractivity contribution is 6.01. The molecule has 88 valence electrons. The van der Waals surface area contributed by atoms with E-state index in [2.05, 4.69) is 4.98 Å². The van der Waals surface area contributed by atoms with E-state index in [-0.39, 0.29) is 12.2 Å². The lowest BCUT2D eigenvalue weighted by Crippen LogP contribution is -2.25. The van der Waals surface area contributed by atoms with Crippen molar-refractivity contribution in [3.8, 4) is 0 Å². The molecule has 0 amide bonds. The molecule has 0 unspecified atom stereocenters. The van der Waals surface area contributed by atoms with E-state index in [1.54, 1.807) is 12.1 Å². The first-order valence-corrected chi connectivity index (χ1v) is 5.02. The summed E-state index contributed by atoms with van der Waals surface area (Å²) in [7, 11) is 0. The summed E-state index contributed by atoms with van der Waals surface area (Å²) in [5.41, 5.74) is 6.39. The number of aromatic amines is 1. The van der Waals surface area contributed by atoms with E-state index in [1.807, 2.05) is 0 Å². The number of Topliss-reactive ketones (excluding diaryl/α,β-unsaturated/α-hetero) is 1. The molecular weight excluding hydrogens is 222 g/mol. The number of ketones is 1. The second-order valence-electron chi connectivity index (χ2n) is 3.81. The second kappa shape index (κ2) is 3.89. The molecule has 1 aromatic carbocycles. The molecular formula is C11H11N3O3. The van der Waals surface area contributed by atoms with Crippen LogP contribution in [0.15, 0.2) is 23.0 Å². The molecule has 1 aromatic heterocycles. The van der Waals surface area contributed by atoms with Crippen LogP contribution in [-0.2, 0) is 4.79 Å². The van der Waals surface area contributed by atoms with Gasteiger partial charge in [0.15, 0.2) is 0 Å². The molecule has 2 aromatic rings. The third kappa shape index (κ3) is 1.96. The van der Waals surface area contributed by atoms with Crippen LogP contribution >= 0.6 is 0 Å². The summed E-state index contributed by atoms with van der Waals surface area (Å²) in [6.07, 6.45) is -0.304. The molecule has 0 bridgehead atoms. The van der Waals surface area contributed by atoms with E-state index in [0.29, 0.717) is 16.7 Å². The first-order chi connectivity index (χ1) is 7.99.